The van der Waals surface area contributed by atoms with Crippen LogP contribution in [0.3, 0.4) is 0 Å². The van der Waals surface area contributed by atoms with Gasteiger partial charge in [-0.15, -0.1) is 0 Å². The molecule has 6 heteroatoms. The van der Waals surface area contributed by atoms with Crippen molar-refractivity contribution in [1.29, 1.82) is 5.26 Å². The third kappa shape index (κ3) is 4.08. The number of esters is 1. The van der Waals surface area contributed by atoms with Gasteiger partial charge in [0.2, 0.25) is 0 Å². The van der Waals surface area contributed by atoms with Crippen LogP contribution in [-0.4, -0.2) is 24.0 Å². The Labute approximate surface area is 137 Å². The van der Waals surface area contributed by atoms with Gasteiger partial charge in [0.05, 0.1) is 11.6 Å². The second-order valence-corrected chi connectivity index (χ2v) is 6.21. The van der Waals surface area contributed by atoms with Gasteiger partial charge in [-0.25, -0.2) is 4.79 Å². The van der Waals surface area contributed by atoms with E-state index in [2.05, 4.69) is 27.3 Å². The average molecular weight is 365 g/mol. The van der Waals surface area contributed by atoms with Crippen LogP contribution in [0.15, 0.2) is 28.7 Å². The molecule has 1 aliphatic carbocycles. The third-order valence-corrected chi connectivity index (χ3v) is 4.42. The Morgan fingerprint density at radius 1 is 1.27 bits per heavy atom. The fourth-order valence-corrected chi connectivity index (χ4v) is 3.01. The number of benzene rings is 1. The molecule has 0 heterocycles. The predicted molar refractivity (Wildman–Crippen MR) is 84.0 cm³/mol. The zero-order valence-electron chi connectivity index (χ0n) is 12.1. The zero-order chi connectivity index (χ0) is 16.0. The van der Waals surface area contributed by atoms with Crippen molar-refractivity contribution in [2.45, 2.75) is 37.6 Å². The molecule has 1 amide bonds. The van der Waals surface area contributed by atoms with Gasteiger partial charge in [0.25, 0.3) is 5.91 Å². The van der Waals surface area contributed by atoms with Crippen LogP contribution in [-0.2, 0) is 9.53 Å². The van der Waals surface area contributed by atoms with Crippen molar-refractivity contribution in [2.24, 2.45) is 0 Å². The monoisotopic (exact) mass is 364 g/mol. The minimum absolute atomic E-state index is 0.364. The summed E-state index contributed by atoms with van der Waals surface area (Å²) in [4.78, 5) is 23.9. The number of nitrogens with zero attached hydrogens (tertiary/aromatic N) is 1. The van der Waals surface area contributed by atoms with Crippen LogP contribution in [0.1, 0.15) is 42.5 Å². The number of nitrogens with one attached hydrogen (secondary N) is 1. The molecule has 0 spiro atoms. The van der Waals surface area contributed by atoms with Crippen molar-refractivity contribution in [1.82, 2.24) is 5.32 Å². The van der Waals surface area contributed by atoms with Crippen LogP contribution in [0.2, 0.25) is 0 Å². The second kappa shape index (κ2) is 7.41. The van der Waals surface area contributed by atoms with Crippen LogP contribution in [0.25, 0.3) is 0 Å². The van der Waals surface area contributed by atoms with Crippen molar-refractivity contribution < 1.29 is 14.3 Å². The molecule has 22 heavy (non-hydrogen) atoms. The van der Waals surface area contributed by atoms with Crippen LogP contribution in [0.5, 0.6) is 0 Å². The zero-order valence-corrected chi connectivity index (χ0v) is 13.7. The maximum atomic E-state index is 11.9. The molecule has 0 bridgehead atoms. The Morgan fingerprint density at radius 2 is 1.95 bits per heavy atom. The van der Waals surface area contributed by atoms with Gasteiger partial charge in [0, 0.05) is 4.47 Å². The Hall–Kier alpha value is -1.87. The highest BCUT2D eigenvalue weighted by Gasteiger charge is 2.33. The molecule has 1 N–H and O–H groups in total. The number of hydrogen-bond donors (Lipinski definition) is 1. The number of nitriles is 1. The lowest BCUT2D eigenvalue weighted by Gasteiger charge is -2.31. The Kier molecular flexibility index (Phi) is 5.56. The lowest BCUT2D eigenvalue weighted by atomic mass is 9.83. The topological polar surface area (TPSA) is 79.2 Å². The first kappa shape index (κ1) is 16.5. The first-order chi connectivity index (χ1) is 10.6. The molecule has 1 aromatic rings. The quantitative estimate of drug-likeness (QED) is 0.832. The van der Waals surface area contributed by atoms with Crippen molar-refractivity contribution in [3.8, 4) is 6.07 Å². The fraction of sp³-hybridized carbons (Fsp3) is 0.438. The summed E-state index contributed by atoms with van der Waals surface area (Å²) < 4.78 is 5.62. The van der Waals surface area contributed by atoms with Crippen molar-refractivity contribution in [2.75, 3.05) is 6.61 Å². The minimum atomic E-state index is -0.810. The second-order valence-electron chi connectivity index (χ2n) is 5.36. The van der Waals surface area contributed by atoms with E-state index >= 15 is 0 Å². The number of carbonyl (C=O) groups is 2. The number of amides is 1. The molecule has 1 fully saturated rings. The largest absolute Gasteiger partial charge is 0.452 e. The van der Waals surface area contributed by atoms with Gasteiger partial charge >= 0.3 is 5.97 Å². The number of rotatable bonds is 4. The summed E-state index contributed by atoms with van der Waals surface area (Å²) >= 11 is 3.26. The van der Waals surface area contributed by atoms with E-state index in [1.807, 2.05) is 0 Å². The number of ether oxygens (including phenoxy) is 1. The van der Waals surface area contributed by atoms with E-state index in [9.17, 15) is 14.9 Å². The molecule has 1 aliphatic rings. The van der Waals surface area contributed by atoms with Gasteiger partial charge < -0.3 is 10.1 Å². The number of carbonyl (C=O) groups excluding carboxylic acids is 2. The normalized spacial score (nSPS) is 16.4. The maximum absolute atomic E-state index is 11.9. The highest BCUT2D eigenvalue weighted by Crippen LogP contribution is 2.27. The summed E-state index contributed by atoms with van der Waals surface area (Å²) in [5.41, 5.74) is -0.447. The van der Waals surface area contributed by atoms with Crippen molar-refractivity contribution >= 4 is 27.8 Å². The SMILES string of the molecule is N#CC1(NC(=O)COC(=O)c2ccccc2Br)CCCCC1. The molecule has 116 valence electrons. The van der Waals surface area contributed by atoms with E-state index in [0.29, 0.717) is 22.9 Å². The summed E-state index contributed by atoms with van der Waals surface area (Å²) in [5.74, 6) is -1.01. The molecule has 0 atom stereocenters. The van der Waals surface area contributed by atoms with Gasteiger partial charge in [-0.05, 0) is 40.9 Å². The standard InChI is InChI=1S/C16H17BrN2O3/c17-13-7-3-2-6-12(13)15(21)22-10-14(20)19-16(11-18)8-4-1-5-9-16/h2-3,6-7H,1,4-5,8-10H2,(H,19,20). The molecule has 0 aromatic heterocycles. The highest BCUT2D eigenvalue weighted by molar-refractivity contribution is 9.10. The maximum Gasteiger partial charge on any atom is 0.339 e. The number of halogens is 1. The third-order valence-electron chi connectivity index (χ3n) is 3.73. The summed E-state index contributed by atoms with van der Waals surface area (Å²) in [6.45, 7) is -0.385. The van der Waals surface area contributed by atoms with Gasteiger partial charge in [-0.3, -0.25) is 4.79 Å². The Bertz CT molecular complexity index is 604. The van der Waals surface area contributed by atoms with E-state index in [0.717, 1.165) is 19.3 Å². The van der Waals surface area contributed by atoms with Crippen LogP contribution in [0, 0.1) is 11.3 Å². The summed E-state index contributed by atoms with van der Waals surface area (Å²) in [5, 5.41) is 12.0. The predicted octanol–water partition coefficient (Wildman–Crippen LogP) is 2.95. The highest BCUT2D eigenvalue weighted by atomic mass is 79.9. The number of hydrogen-bond acceptors (Lipinski definition) is 4. The van der Waals surface area contributed by atoms with Crippen LogP contribution < -0.4 is 5.32 Å². The van der Waals surface area contributed by atoms with Crippen LogP contribution >= 0.6 is 15.9 Å². The fourth-order valence-electron chi connectivity index (χ4n) is 2.56. The average Bonchev–Trinajstić information content (AvgIpc) is 2.54. The lowest BCUT2D eigenvalue weighted by molar-refractivity contribution is -0.125. The smallest absolute Gasteiger partial charge is 0.339 e. The van der Waals surface area contributed by atoms with E-state index in [1.165, 1.54) is 0 Å². The molecule has 0 radical (unpaired) electrons. The van der Waals surface area contributed by atoms with Crippen molar-refractivity contribution in [3.05, 3.63) is 34.3 Å². The molecule has 1 aromatic carbocycles. The van der Waals surface area contributed by atoms with E-state index < -0.39 is 17.4 Å². The van der Waals surface area contributed by atoms with Gasteiger partial charge in [0.15, 0.2) is 6.61 Å². The summed E-state index contributed by atoms with van der Waals surface area (Å²) in [6.07, 6.45) is 4.21. The molecular weight excluding hydrogens is 348 g/mol. The first-order valence-corrected chi connectivity index (χ1v) is 7.99. The Balaban J connectivity index is 1.89. The molecule has 0 unspecified atom stereocenters. The molecule has 5 nitrogen and oxygen atoms in total. The van der Waals surface area contributed by atoms with Gasteiger partial charge in [-0.2, -0.15) is 5.26 Å². The van der Waals surface area contributed by atoms with E-state index in [1.54, 1.807) is 24.3 Å². The van der Waals surface area contributed by atoms with Crippen molar-refractivity contribution in [3.63, 3.8) is 0 Å². The summed E-state index contributed by atoms with van der Waals surface area (Å²) in [7, 11) is 0. The minimum Gasteiger partial charge on any atom is -0.452 e. The molecule has 0 saturated heterocycles. The molecule has 1 saturated carbocycles. The molecule has 0 aliphatic heterocycles. The van der Waals surface area contributed by atoms with E-state index in [-0.39, 0.29) is 6.61 Å². The lowest BCUT2D eigenvalue weighted by Crippen LogP contribution is -2.50. The van der Waals surface area contributed by atoms with Gasteiger partial charge in [-0.1, -0.05) is 31.4 Å². The van der Waals surface area contributed by atoms with Crippen LogP contribution in [0.4, 0.5) is 0 Å². The molecular formula is C16H17BrN2O3. The van der Waals surface area contributed by atoms with E-state index in [4.69, 9.17) is 4.74 Å². The van der Waals surface area contributed by atoms with Gasteiger partial charge in [0.1, 0.15) is 5.54 Å². The molecule has 2 rings (SSSR count). The summed E-state index contributed by atoms with van der Waals surface area (Å²) in [6, 6.07) is 9.04. The first-order valence-electron chi connectivity index (χ1n) is 7.20. The Morgan fingerprint density at radius 3 is 2.59 bits per heavy atom.